The molecule has 0 aromatic carbocycles. The van der Waals surface area contributed by atoms with Gasteiger partial charge in [0.05, 0.1) is 13.2 Å². The van der Waals surface area contributed by atoms with Crippen LogP contribution in [0.1, 0.15) is 29.5 Å². The molecule has 0 bridgehead atoms. The van der Waals surface area contributed by atoms with E-state index in [1.807, 2.05) is 24.0 Å². The molecule has 1 atom stereocenters. The summed E-state index contributed by atoms with van der Waals surface area (Å²) in [7, 11) is 0. The number of nitrogens with zero attached hydrogens (tertiary/aromatic N) is 3. The van der Waals surface area contributed by atoms with E-state index >= 15 is 0 Å². The van der Waals surface area contributed by atoms with Crippen LogP contribution in [0, 0.1) is 6.92 Å². The molecule has 0 radical (unpaired) electrons. The molecule has 23 heavy (non-hydrogen) atoms. The van der Waals surface area contributed by atoms with Crippen LogP contribution >= 0.6 is 11.6 Å². The van der Waals surface area contributed by atoms with Gasteiger partial charge in [0.2, 0.25) is 5.91 Å². The molecule has 1 amide bonds. The summed E-state index contributed by atoms with van der Waals surface area (Å²) >= 11 is 5.70. The van der Waals surface area contributed by atoms with Gasteiger partial charge < -0.3 is 14.2 Å². The number of rotatable bonds is 4. The summed E-state index contributed by atoms with van der Waals surface area (Å²) in [5.41, 5.74) is 1.99. The van der Waals surface area contributed by atoms with Crippen molar-refractivity contribution in [1.82, 2.24) is 15.0 Å². The number of morpholine rings is 1. The third-order valence-corrected chi connectivity index (χ3v) is 4.01. The van der Waals surface area contributed by atoms with Crippen molar-refractivity contribution in [1.29, 1.82) is 0 Å². The highest BCUT2D eigenvalue weighted by atomic mass is 35.5. The number of aryl methyl sites for hydroxylation is 2. The lowest BCUT2D eigenvalue weighted by atomic mass is 10.1. The van der Waals surface area contributed by atoms with E-state index < -0.39 is 0 Å². The highest BCUT2D eigenvalue weighted by Gasteiger charge is 2.25. The summed E-state index contributed by atoms with van der Waals surface area (Å²) in [5, 5.41) is 3.92. The highest BCUT2D eigenvalue weighted by molar-refractivity contribution is 6.29. The lowest BCUT2D eigenvalue weighted by molar-refractivity contribution is -0.139. The number of carbonyl (C=O) groups excluding carboxylic acids is 1. The molecule has 7 heteroatoms. The fourth-order valence-corrected chi connectivity index (χ4v) is 2.80. The minimum Gasteiger partial charge on any atom is -0.370 e. The van der Waals surface area contributed by atoms with Gasteiger partial charge in [-0.15, -0.1) is 0 Å². The van der Waals surface area contributed by atoms with Gasteiger partial charge in [0, 0.05) is 37.3 Å². The molecule has 1 aliphatic heterocycles. The van der Waals surface area contributed by atoms with Gasteiger partial charge in [0.1, 0.15) is 11.9 Å². The van der Waals surface area contributed by atoms with Crippen molar-refractivity contribution in [2.75, 3.05) is 19.7 Å². The molecule has 2 aromatic rings. The van der Waals surface area contributed by atoms with Crippen molar-refractivity contribution in [3.63, 3.8) is 0 Å². The van der Waals surface area contributed by atoms with Crippen molar-refractivity contribution >= 4 is 17.5 Å². The van der Waals surface area contributed by atoms with E-state index in [1.54, 1.807) is 12.3 Å². The lowest BCUT2D eigenvalue weighted by Gasteiger charge is -2.33. The molecule has 1 aliphatic rings. The van der Waals surface area contributed by atoms with Crippen molar-refractivity contribution in [2.45, 2.75) is 25.9 Å². The quantitative estimate of drug-likeness (QED) is 0.859. The van der Waals surface area contributed by atoms with Gasteiger partial charge in [-0.2, -0.15) is 0 Å². The first kappa shape index (κ1) is 16.0. The number of hydrogen-bond acceptors (Lipinski definition) is 5. The number of halogens is 1. The van der Waals surface area contributed by atoms with E-state index in [1.165, 1.54) is 0 Å². The fraction of sp³-hybridized carbons (Fsp3) is 0.438. The molecule has 6 nitrogen and oxygen atoms in total. The van der Waals surface area contributed by atoms with Crippen LogP contribution in [0.25, 0.3) is 0 Å². The third kappa shape index (κ3) is 4.09. The van der Waals surface area contributed by atoms with Crippen LogP contribution in [0.3, 0.4) is 0 Å². The Labute approximate surface area is 139 Å². The second-order valence-electron chi connectivity index (χ2n) is 5.55. The Morgan fingerprint density at radius 2 is 2.35 bits per heavy atom. The molecule has 3 heterocycles. The Bertz CT molecular complexity index is 689. The normalized spacial score (nSPS) is 18.2. The number of hydrogen-bond donors (Lipinski definition) is 0. The van der Waals surface area contributed by atoms with Crippen LogP contribution in [-0.2, 0) is 16.0 Å². The average molecular weight is 336 g/mol. The molecule has 0 saturated carbocycles. The number of ether oxygens (including phenoxy) is 1. The fourth-order valence-electron chi connectivity index (χ4n) is 2.64. The maximum Gasteiger partial charge on any atom is 0.223 e. The number of carbonyl (C=O) groups is 1. The number of pyridine rings is 1. The van der Waals surface area contributed by atoms with E-state index in [0.29, 0.717) is 43.5 Å². The maximum atomic E-state index is 12.4. The van der Waals surface area contributed by atoms with Crippen molar-refractivity contribution in [3.8, 4) is 0 Å². The van der Waals surface area contributed by atoms with Gasteiger partial charge in [-0.25, -0.2) is 0 Å². The maximum absolute atomic E-state index is 12.4. The summed E-state index contributed by atoms with van der Waals surface area (Å²) in [6.07, 6.45) is 2.53. The molecule has 1 saturated heterocycles. The van der Waals surface area contributed by atoms with Gasteiger partial charge in [0.25, 0.3) is 0 Å². The van der Waals surface area contributed by atoms with Crippen molar-refractivity contribution < 1.29 is 14.1 Å². The molecule has 0 unspecified atom stereocenters. The minimum absolute atomic E-state index is 0.0802. The molecule has 3 rings (SSSR count). The third-order valence-electron chi connectivity index (χ3n) is 3.83. The van der Waals surface area contributed by atoms with Crippen LogP contribution in [0.2, 0.25) is 5.15 Å². The predicted molar refractivity (Wildman–Crippen MR) is 84.1 cm³/mol. The van der Waals surface area contributed by atoms with E-state index in [0.717, 1.165) is 11.3 Å². The monoisotopic (exact) mass is 335 g/mol. The summed E-state index contributed by atoms with van der Waals surface area (Å²) in [6.45, 7) is 3.64. The zero-order valence-corrected chi connectivity index (χ0v) is 13.6. The molecule has 0 N–H and O–H groups in total. The van der Waals surface area contributed by atoms with Crippen molar-refractivity contribution in [3.05, 3.63) is 46.6 Å². The van der Waals surface area contributed by atoms with E-state index in [9.17, 15) is 4.79 Å². The van der Waals surface area contributed by atoms with E-state index in [-0.39, 0.29) is 12.0 Å². The summed E-state index contributed by atoms with van der Waals surface area (Å²) in [6, 6.07) is 5.56. The Hall–Kier alpha value is -1.92. The predicted octanol–water partition coefficient (Wildman–Crippen LogP) is 2.56. The molecular formula is C16H18ClN3O3. The minimum atomic E-state index is -0.103. The molecule has 1 fully saturated rings. The first-order chi connectivity index (χ1) is 11.1. The molecule has 2 aromatic heterocycles. The summed E-state index contributed by atoms with van der Waals surface area (Å²) in [5.74, 6) is 0.703. The Kier molecular flexibility index (Phi) is 4.93. The molecule has 0 aliphatic carbocycles. The SMILES string of the molecule is Cc1cc([C@H]2CN(C(=O)CCc3cc(Cl)no3)CCO2)ccn1. The Morgan fingerprint density at radius 3 is 3.09 bits per heavy atom. The van der Waals surface area contributed by atoms with E-state index in [4.69, 9.17) is 20.9 Å². The Balaban J connectivity index is 1.58. The second-order valence-corrected chi connectivity index (χ2v) is 5.93. The second kappa shape index (κ2) is 7.10. The zero-order valence-electron chi connectivity index (χ0n) is 12.9. The Morgan fingerprint density at radius 1 is 1.48 bits per heavy atom. The number of aromatic nitrogens is 2. The van der Waals surface area contributed by atoms with Gasteiger partial charge >= 0.3 is 0 Å². The largest absolute Gasteiger partial charge is 0.370 e. The van der Waals surface area contributed by atoms with Crippen LogP contribution in [0.4, 0.5) is 0 Å². The van der Waals surface area contributed by atoms with Gasteiger partial charge in [-0.05, 0) is 24.6 Å². The highest BCUT2D eigenvalue weighted by Crippen LogP contribution is 2.23. The van der Waals surface area contributed by atoms with Crippen LogP contribution < -0.4 is 0 Å². The van der Waals surface area contributed by atoms with Crippen LogP contribution in [-0.4, -0.2) is 40.6 Å². The average Bonchev–Trinajstić information content (AvgIpc) is 2.98. The van der Waals surface area contributed by atoms with Crippen LogP contribution in [0.5, 0.6) is 0 Å². The molecular weight excluding hydrogens is 318 g/mol. The molecule has 0 spiro atoms. The smallest absolute Gasteiger partial charge is 0.223 e. The van der Waals surface area contributed by atoms with Crippen LogP contribution in [0.15, 0.2) is 28.9 Å². The first-order valence-electron chi connectivity index (χ1n) is 7.55. The summed E-state index contributed by atoms with van der Waals surface area (Å²) in [4.78, 5) is 18.4. The van der Waals surface area contributed by atoms with Gasteiger partial charge in [0.15, 0.2) is 5.15 Å². The first-order valence-corrected chi connectivity index (χ1v) is 7.92. The summed E-state index contributed by atoms with van der Waals surface area (Å²) < 4.78 is 10.8. The standard InChI is InChI=1S/C16H18ClN3O3/c1-11-8-12(4-5-18-11)14-10-20(6-7-22-14)16(21)3-2-13-9-15(17)19-23-13/h4-5,8-9,14H,2-3,6-7,10H2,1H3/t14-/m1/s1. The zero-order chi connectivity index (χ0) is 16.2. The topological polar surface area (TPSA) is 68.5 Å². The van der Waals surface area contributed by atoms with Gasteiger partial charge in [-0.1, -0.05) is 16.8 Å². The lowest BCUT2D eigenvalue weighted by Crippen LogP contribution is -2.42. The molecule has 122 valence electrons. The van der Waals surface area contributed by atoms with Gasteiger partial charge in [-0.3, -0.25) is 9.78 Å². The van der Waals surface area contributed by atoms with E-state index in [2.05, 4.69) is 10.1 Å². The number of amides is 1. The van der Waals surface area contributed by atoms with Crippen molar-refractivity contribution in [2.24, 2.45) is 0 Å².